The van der Waals surface area contributed by atoms with Crippen molar-refractivity contribution in [2.45, 2.75) is 39.7 Å². The Morgan fingerprint density at radius 1 is 1.20 bits per heavy atom. The lowest BCUT2D eigenvalue weighted by Gasteiger charge is -2.43. The summed E-state index contributed by atoms with van der Waals surface area (Å²) in [6.07, 6.45) is 2.01. The van der Waals surface area contributed by atoms with Gasteiger partial charge in [0.2, 0.25) is 0 Å². The highest BCUT2D eigenvalue weighted by Crippen LogP contribution is 2.35. The van der Waals surface area contributed by atoms with Gasteiger partial charge < -0.3 is 14.6 Å². The third kappa shape index (κ3) is 4.80. The Kier molecular flexibility index (Phi) is 6.56. The van der Waals surface area contributed by atoms with E-state index in [0.717, 1.165) is 39.4 Å². The third-order valence-corrected chi connectivity index (χ3v) is 7.77. The first-order chi connectivity index (χ1) is 16.9. The molecule has 2 aromatic heterocycles. The molecule has 2 aromatic carbocycles. The van der Waals surface area contributed by atoms with Gasteiger partial charge in [0.05, 0.1) is 15.9 Å². The fourth-order valence-corrected chi connectivity index (χ4v) is 5.94. The Bertz CT molecular complexity index is 1300. The van der Waals surface area contributed by atoms with Crippen LogP contribution in [0.25, 0.3) is 21.5 Å². The Labute approximate surface area is 208 Å². The molecular weight excluding hydrogens is 463 g/mol. The number of aryl methyl sites for hydroxylation is 1. The van der Waals surface area contributed by atoms with Crippen molar-refractivity contribution >= 4 is 34.4 Å². The van der Waals surface area contributed by atoms with E-state index < -0.39 is 0 Å². The second kappa shape index (κ2) is 9.77. The summed E-state index contributed by atoms with van der Waals surface area (Å²) in [6.45, 7) is 7.52. The lowest BCUT2D eigenvalue weighted by Crippen LogP contribution is -2.53. The second-order valence-electron chi connectivity index (χ2n) is 9.40. The van der Waals surface area contributed by atoms with Crippen molar-refractivity contribution in [1.29, 1.82) is 0 Å². The van der Waals surface area contributed by atoms with Gasteiger partial charge in [0.25, 0.3) is 11.9 Å². The molecule has 4 aromatic rings. The molecule has 5 rings (SSSR count). The molecule has 1 N–H and O–H groups in total. The number of amides is 1. The zero-order valence-corrected chi connectivity index (χ0v) is 20.9. The van der Waals surface area contributed by atoms with Crippen LogP contribution in [0, 0.1) is 24.6 Å². The quantitative estimate of drug-likeness (QED) is 0.338. The highest BCUT2D eigenvalue weighted by molar-refractivity contribution is 7.15. The monoisotopic (exact) mass is 492 g/mol. The molecule has 0 saturated carbocycles. The highest BCUT2D eigenvalue weighted by atomic mass is 32.1. The zero-order valence-electron chi connectivity index (χ0n) is 20.1. The molecule has 1 aliphatic heterocycles. The Balaban J connectivity index is 1.43. The van der Waals surface area contributed by atoms with Gasteiger partial charge in [0.1, 0.15) is 17.0 Å². The van der Waals surface area contributed by atoms with Crippen molar-refractivity contribution in [2.75, 3.05) is 18.4 Å². The van der Waals surface area contributed by atoms with Gasteiger partial charge in [-0.25, -0.2) is 9.37 Å². The number of halogens is 1. The zero-order chi connectivity index (χ0) is 24.5. The Morgan fingerprint density at radius 2 is 1.97 bits per heavy atom. The van der Waals surface area contributed by atoms with Crippen LogP contribution in [-0.4, -0.2) is 39.9 Å². The minimum Gasteiger partial charge on any atom is -0.424 e. The first kappa shape index (κ1) is 23.5. The summed E-state index contributed by atoms with van der Waals surface area (Å²) in [7, 11) is 0. The number of oxazole rings is 1. The molecule has 2 atom stereocenters. The van der Waals surface area contributed by atoms with Crippen molar-refractivity contribution in [3.05, 3.63) is 65.0 Å². The maximum absolute atomic E-state index is 13.9. The molecule has 1 saturated heterocycles. The van der Waals surface area contributed by atoms with Gasteiger partial charge >= 0.3 is 0 Å². The number of thiazole rings is 1. The second-order valence-corrected chi connectivity index (χ2v) is 10.6. The van der Waals surface area contributed by atoms with Crippen LogP contribution in [-0.2, 0) is 0 Å². The minimum atomic E-state index is -0.302. The van der Waals surface area contributed by atoms with Crippen molar-refractivity contribution in [2.24, 2.45) is 11.8 Å². The van der Waals surface area contributed by atoms with Gasteiger partial charge in [-0.1, -0.05) is 38.1 Å². The van der Waals surface area contributed by atoms with E-state index in [1.165, 1.54) is 23.5 Å². The number of benzene rings is 2. The molecule has 1 amide bonds. The summed E-state index contributed by atoms with van der Waals surface area (Å²) in [5.41, 5.74) is 2.78. The number of rotatable bonds is 6. The number of hydrogen-bond donors (Lipinski definition) is 1. The van der Waals surface area contributed by atoms with E-state index in [2.05, 4.69) is 29.1 Å². The summed E-state index contributed by atoms with van der Waals surface area (Å²) in [5, 5.41) is 4.16. The van der Waals surface area contributed by atoms with Gasteiger partial charge in [-0.3, -0.25) is 4.79 Å². The number of carbonyl (C=O) groups excluding carboxylic acids is 1. The molecule has 1 unspecified atom stereocenters. The minimum absolute atomic E-state index is 0.0330. The fourth-order valence-electron chi connectivity index (χ4n) is 5.02. The summed E-state index contributed by atoms with van der Waals surface area (Å²) >= 11 is 1.46. The fraction of sp³-hybridized carbons (Fsp3) is 0.370. The molecule has 1 aliphatic rings. The van der Waals surface area contributed by atoms with Crippen LogP contribution >= 0.6 is 11.3 Å². The van der Waals surface area contributed by atoms with Gasteiger partial charge in [-0.2, -0.15) is 4.98 Å². The maximum atomic E-state index is 13.9. The van der Waals surface area contributed by atoms with Gasteiger partial charge in [-0.05, 0) is 61.4 Å². The lowest BCUT2D eigenvalue weighted by atomic mass is 9.80. The first-order valence-corrected chi connectivity index (χ1v) is 12.9. The average molecular weight is 493 g/mol. The van der Waals surface area contributed by atoms with E-state index in [1.54, 1.807) is 12.1 Å². The van der Waals surface area contributed by atoms with E-state index in [-0.39, 0.29) is 17.8 Å². The molecule has 0 spiro atoms. The van der Waals surface area contributed by atoms with Gasteiger partial charge in [0.15, 0.2) is 5.58 Å². The molecule has 3 heterocycles. The number of fused-ring (bicyclic) bond motifs is 1. The SMILES string of the molecule is Cc1nc(C(=O)N2CCCC(C(C)C)[C@H]2CNc2nc3ccccc3o2)c(-c2ccc(F)cc2)s1. The van der Waals surface area contributed by atoms with Crippen LogP contribution in [0.2, 0.25) is 0 Å². The molecule has 182 valence electrons. The molecule has 1 fully saturated rings. The first-order valence-electron chi connectivity index (χ1n) is 12.0. The molecule has 8 heteroatoms. The molecule has 6 nitrogen and oxygen atoms in total. The lowest BCUT2D eigenvalue weighted by molar-refractivity contribution is 0.0444. The molecule has 0 radical (unpaired) electrons. The predicted molar refractivity (Wildman–Crippen MR) is 137 cm³/mol. The number of nitrogens with zero attached hydrogens (tertiary/aromatic N) is 3. The van der Waals surface area contributed by atoms with Crippen LogP contribution in [0.5, 0.6) is 0 Å². The van der Waals surface area contributed by atoms with Gasteiger partial charge in [0, 0.05) is 13.1 Å². The summed E-state index contributed by atoms with van der Waals surface area (Å²) < 4.78 is 19.4. The van der Waals surface area contributed by atoms with Crippen LogP contribution in [0.15, 0.2) is 52.9 Å². The summed E-state index contributed by atoms with van der Waals surface area (Å²) in [4.78, 5) is 25.8. The third-order valence-electron chi connectivity index (χ3n) is 6.75. The van der Waals surface area contributed by atoms with Crippen molar-refractivity contribution in [3.8, 4) is 10.4 Å². The number of nitrogens with one attached hydrogen (secondary N) is 1. The van der Waals surface area contributed by atoms with Crippen molar-refractivity contribution in [1.82, 2.24) is 14.9 Å². The molecule has 0 aliphatic carbocycles. The largest absolute Gasteiger partial charge is 0.424 e. The normalized spacial score (nSPS) is 18.4. The molecular formula is C27H29FN4O2S. The number of likely N-dealkylation sites (tertiary alicyclic amines) is 1. The van der Waals surface area contributed by atoms with Crippen molar-refractivity contribution in [3.63, 3.8) is 0 Å². The van der Waals surface area contributed by atoms with Crippen LogP contribution in [0.4, 0.5) is 10.4 Å². The number of para-hydroxylation sites is 2. The number of hydrogen-bond acceptors (Lipinski definition) is 6. The summed E-state index contributed by atoms with van der Waals surface area (Å²) in [5.74, 6) is 0.362. The number of piperidine rings is 1. The maximum Gasteiger partial charge on any atom is 0.295 e. The Hall–Kier alpha value is -3.26. The standard InChI is InChI=1S/C27H29FN4O2S/c1-16(2)20-7-6-14-32(22(20)15-29-27-31-21-8-4-5-9-23(21)34-27)26(33)24-25(35-17(3)30-24)18-10-12-19(28)13-11-18/h4-5,8-13,16,20,22H,6-7,14-15H2,1-3H3,(H,29,31)/t20?,22-/m1/s1. The smallest absolute Gasteiger partial charge is 0.295 e. The highest BCUT2D eigenvalue weighted by Gasteiger charge is 2.38. The van der Waals surface area contributed by atoms with Crippen molar-refractivity contribution < 1.29 is 13.6 Å². The van der Waals surface area contributed by atoms with E-state index in [9.17, 15) is 9.18 Å². The molecule has 0 bridgehead atoms. The van der Waals surface area contributed by atoms with Crippen LogP contribution < -0.4 is 5.32 Å². The molecule has 35 heavy (non-hydrogen) atoms. The number of carbonyl (C=O) groups is 1. The van der Waals surface area contributed by atoms with E-state index in [0.29, 0.717) is 36.6 Å². The Morgan fingerprint density at radius 3 is 2.71 bits per heavy atom. The van der Waals surface area contributed by atoms with E-state index in [4.69, 9.17) is 4.42 Å². The van der Waals surface area contributed by atoms with Crippen LogP contribution in [0.1, 0.15) is 42.2 Å². The van der Waals surface area contributed by atoms with E-state index in [1.807, 2.05) is 36.1 Å². The van der Waals surface area contributed by atoms with Crippen LogP contribution in [0.3, 0.4) is 0 Å². The van der Waals surface area contributed by atoms with E-state index >= 15 is 0 Å². The predicted octanol–water partition coefficient (Wildman–Crippen LogP) is 6.39. The number of aromatic nitrogens is 2. The average Bonchev–Trinajstić information content (AvgIpc) is 3.45. The summed E-state index contributed by atoms with van der Waals surface area (Å²) in [6, 6.07) is 14.3. The number of anilines is 1. The van der Waals surface area contributed by atoms with Gasteiger partial charge in [-0.15, -0.1) is 11.3 Å². The topological polar surface area (TPSA) is 71.3 Å².